The number of likely N-dealkylation sites (tertiary alicyclic amines) is 1. The van der Waals surface area contributed by atoms with E-state index in [1.807, 2.05) is 61.5 Å². The molecule has 1 aliphatic heterocycles. The van der Waals surface area contributed by atoms with Crippen LogP contribution in [0, 0.1) is 5.92 Å². The summed E-state index contributed by atoms with van der Waals surface area (Å²) >= 11 is 0. The van der Waals surface area contributed by atoms with Gasteiger partial charge in [0.05, 0.1) is 12.0 Å². The number of hydrogen-bond acceptors (Lipinski definition) is 4. The zero-order chi connectivity index (χ0) is 20.8. The van der Waals surface area contributed by atoms with Crippen molar-refractivity contribution in [1.82, 2.24) is 4.90 Å². The smallest absolute Gasteiger partial charge is 0.311 e. The number of hydrogen-bond donors (Lipinski definition) is 1. The zero-order valence-corrected chi connectivity index (χ0v) is 16.8. The molecule has 0 radical (unpaired) electrons. The summed E-state index contributed by atoms with van der Waals surface area (Å²) in [6.45, 7) is 3.93. The molecule has 29 heavy (non-hydrogen) atoms. The highest BCUT2D eigenvalue weighted by atomic mass is 16.5. The molecule has 2 aromatic carbocycles. The second-order valence-electron chi connectivity index (χ2n) is 7.24. The first-order valence-corrected chi connectivity index (χ1v) is 9.87. The number of aryl methyl sites for hydroxylation is 1. The first-order valence-electron chi connectivity index (χ1n) is 9.87. The van der Waals surface area contributed by atoms with Gasteiger partial charge in [0, 0.05) is 18.7 Å². The van der Waals surface area contributed by atoms with Crippen LogP contribution in [0.3, 0.4) is 0 Å². The van der Waals surface area contributed by atoms with Gasteiger partial charge in [-0.15, -0.1) is 0 Å². The number of nitrogens with zero attached hydrogens (tertiary/aromatic N) is 1. The number of amides is 2. The van der Waals surface area contributed by atoms with Gasteiger partial charge in [-0.2, -0.15) is 0 Å². The molecule has 1 N–H and O–H groups in total. The molecule has 1 heterocycles. The van der Waals surface area contributed by atoms with Crippen molar-refractivity contribution in [3.63, 3.8) is 0 Å². The molecule has 2 atom stereocenters. The van der Waals surface area contributed by atoms with E-state index >= 15 is 0 Å². The maximum absolute atomic E-state index is 12.4. The van der Waals surface area contributed by atoms with Crippen LogP contribution < -0.4 is 5.32 Å². The van der Waals surface area contributed by atoms with Crippen molar-refractivity contribution in [3.05, 3.63) is 65.7 Å². The third kappa shape index (κ3) is 5.22. The average Bonchev–Trinajstić information content (AvgIpc) is 3.14. The fraction of sp³-hybridized carbons (Fsp3) is 0.348. The molecule has 0 spiro atoms. The maximum atomic E-state index is 12.4. The van der Waals surface area contributed by atoms with Gasteiger partial charge in [-0.1, -0.05) is 49.4 Å². The lowest BCUT2D eigenvalue weighted by Gasteiger charge is -2.25. The van der Waals surface area contributed by atoms with Crippen LogP contribution in [-0.4, -0.2) is 35.8 Å². The van der Waals surface area contributed by atoms with Crippen LogP contribution >= 0.6 is 0 Å². The van der Waals surface area contributed by atoms with E-state index in [0.717, 1.165) is 12.0 Å². The lowest BCUT2D eigenvalue weighted by molar-refractivity contribution is -0.151. The van der Waals surface area contributed by atoms with E-state index < -0.39 is 17.8 Å². The van der Waals surface area contributed by atoms with Gasteiger partial charge in [0.25, 0.3) is 5.91 Å². The topological polar surface area (TPSA) is 75.7 Å². The summed E-state index contributed by atoms with van der Waals surface area (Å²) < 4.78 is 5.16. The number of nitrogens with one attached hydrogen (secondary N) is 1. The summed E-state index contributed by atoms with van der Waals surface area (Å²) in [6, 6.07) is 17.1. The van der Waals surface area contributed by atoms with Gasteiger partial charge in [-0.05, 0) is 36.6 Å². The van der Waals surface area contributed by atoms with Crippen LogP contribution in [0.15, 0.2) is 54.6 Å². The third-order valence-electron chi connectivity index (χ3n) is 5.23. The molecule has 1 aliphatic rings. The lowest BCUT2D eigenvalue weighted by atomic mass is 10.1. The fourth-order valence-corrected chi connectivity index (χ4v) is 3.45. The van der Waals surface area contributed by atoms with Gasteiger partial charge < -0.3 is 15.0 Å². The van der Waals surface area contributed by atoms with Crippen LogP contribution in [0.5, 0.6) is 0 Å². The summed E-state index contributed by atoms with van der Waals surface area (Å²) in [4.78, 5) is 38.5. The Hall–Kier alpha value is -3.15. The van der Waals surface area contributed by atoms with Gasteiger partial charge in [-0.3, -0.25) is 14.4 Å². The number of esters is 1. The molecule has 2 aromatic rings. The van der Waals surface area contributed by atoms with Gasteiger partial charge in [-0.25, -0.2) is 0 Å². The average molecular weight is 394 g/mol. The molecule has 0 aliphatic carbocycles. The number of benzene rings is 2. The summed E-state index contributed by atoms with van der Waals surface area (Å²) in [6.07, 6.45) is 1.03. The first-order chi connectivity index (χ1) is 14.0. The minimum Gasteiger partial charge on any atom is -0.455 e. The first kappa shape index (κ1) is 20.6. The third-order valence-corrected chi connectivity index (χ3v) is 5.23. The molecular weight excluding hydrogens is 368 g/mol. The molecule has 0 aromatic heterocycles. The molecule has 6 heteroatoms. The number of carbonyl (C=O) groups excluding carboxylic acids is 3. The number of carbonyl (C=O) groups is 3. The van der Waals surface area contributed by atoms with Gasteiger partial charge in [0.2, 0.25) is 5.91 Å². The van der Waals surface area contributed by atoms with Crippen LogP contribution in [0.4, 0.5) is 5.69 Å². The molecule has 3 rings (SSSR count). The molecule has 152 valence electrons. The van der Waals surface area contributed by atoms with Crippen molar-refractivity contribution in [3.8, 4) is 0 Å². The monoisotopic (exact) mass is 394 g/mol. The minimum absolute atomic E-state index is 0.0798. The molecule has 1 fully saturated rings. The van der Waals surface area contributed by atoms with Crippen molar-refractivity contribution in [2.45, 2.75) is 32.7 Å². The van der Waals surface area contributed by atoms with Crippen molar-refractivity contribution >= 4 is 23.5 Å². The number of rotatable bonds is 7. The van der Waals surface area contributed by atoms with Crippen LogP contribution in [0.1, 0.15) is 37.4 Å². The predicted octanol–water partition coefficient (Wildman–Crippen LogP) is 3.34. The Morgan fingerprint density at radius 1 is 1.14 bits per heavy atom. The Labute approximate surface area is 170 Å². The summed E-state index contributed by atoms with van der Waals surface area (Å²) in [5.74, 6) is -1.55. The van der Waals surface area contributed by atoms with Gasteiger partial charge in [0.1, 0.15) is 0 Å². The highest BCUT2D eigenvalue weighted by molar-refractivity contribution is 5.93. The quantitative estimate of drug-likeness (QED) is 0.731. The Kier molecular flexibility index (Phi) is 6.65. The van der Waals surface area contributed by atoms with Crippen molar-refractivity contribution in [2.75, 3.05) is 18.5 Å². The van der Waals surface area contributed by atoms with Crippen LogP contribution in [-0.2, 0) is 25.5 Å². The fourth-order valence-electron chi connectivity index (χ4n) is 3.45. The van der Waals surface area contributed by atoms with E-state index in [1.54, 1.807) is 4.90 Å². The Balaban J connectivity index is 1.49. The highest BCUT2D eigenvalue weighted by Crippen LogP contribution is 2.29. The van der Waals surface area contributed by atoms with Gasteiger partial charge >= 0.3 is 5.97 Å². The Morgan fingerprint density at radius 2 is 1.83 bits per heavy atom. The molecule has 6 nitrogen and oxygen atoms in total. The second-order valence-corrected chi connectivity index (χ2v) is 7.24. The van der Waals surface area contributed by atoms with E-state index in [4.69, 9.17) is 4.74 Å². The molecule has 0 bridgehead atoms. The van der Waals surface area contributed by atoms with E-state index in [2.05, 4.69) is 12.2 Å². The normalized spacial score (nSPS) is 17.1. The van der Waals surface area contributed by atoms with Gasteiger partial charge in [0.15, 0.2) is 6.61 Å². The predicted molar refractivity (Wildman–Crippen MR) is 110 cm³/mol. The molecule has 0 saturated carbocycles. The Bertz CT molecular complexity index is 864. The standard InChI is InChI=1S/C23H26N2O4/c1-3-17-9-11-20(12-10-17)24-21(26)15-29-23(28)19-13-22(27)25(14-19)16(2)18-7-5-4-6-8-18/h4-12,16,19H,3,13-15H2,1-2H3,(H,24,26)/t16-,19-/m1/s1. The summed E-state index contributed by atoms with van der Waals surface area (Å²) in [7, 11) is 0. The van der Waals surface area contributed by atoms with Crippen molar-refractivity contribution in [1.29, 1.82) is 0 Å². The minimum atomic E-state index is -0.551. The van der Waals surface area contributed by atoms with E-state index in [1.165, 1.54) is 5.56 Å². The molecule has 1 saturated heterocycles. The summed E-state index contributed by atoms with van der Waals surface area (Å²) in [5.41, 5.74) is 2.85. The lowest BCUT2D eigenvalue weighted by Crippen LogP contribution is -2.30. The van der Waals surface area contributed by atoms with E-state index in [-0.39, 0.29) is 25.0 Å². The second kappa shape index (κ2) is 9.37. The van der Waals surface area contributed by atoms with Crippen LogP contribution in [0.2, 0.25) is 0 Å². The number of ether oxygens (including phenoxy) is 1. The summed E-state index contributed by atoms with van der Waals surface area (Å²) in [5, 5.41) is 2.70. The molecule has 2 amide bonds. The largest absolute Gasteiger partial charge is 0.455 e. The maximum Gasteiger partial charge on any atom is 0.311 e. The van der Waals surface area contributed by atoms with Crippen LogP contribution in [0.25, 0.3) is 0 Å². The number of anilines is 1. The van der Waals surface area contributed by atoms with Crippen molar-refractivity contribution < 1.29 is 19.1 Å². The molecule has 0 unspecified atom stereocenters. The highest BCUT2D eigenvalue weighted by Gasteiger charge is 2.38. The van der Waals surface area contributed by atoms with E-state index in [9.17, 15) is 14.4 Å². The SMILES string of the molecule is CCc1ccc(NC(=O)COC(=O)[C@@H]2CC(=O)N([C@H](C)c3ccccc3)C2)cc1. The Morgan fingerprint density at radius 3 is 2.48 bits per heavy atom. The zero-order valence-electron chi connectivity index (χ0n) is 16.8. The molecular formula is C23H26N2O4. The van der Waals surface area contributed by atoms with E-state index in [0.29, 0.717) is 12.2 Å². The van der Waals surface area contributed by atoms with Crippen molar-refractivity contribution in [2.24, 2.45) is 5.92 Å².